The third-order valence-electron chi connectivity index (χ3n) is 2.66. The predicted molar refractivity (Wildman–Crippen MR) is 80.0 cm³/mol. The molecule has 0 fully saturated rings. The second kappa shape index (κ2) is 5.51. The third kappa shape index (κ3) is 3.40. The Morgan fingerprint density at radius 3 is 2.32 bits per heavy atom. The van der Waals surface area contributed by atoms with Gasteiger partial charge in [-0.05, 0) is 42.8 Å². The molecular formula is C14H12Cl2N2O. The number of carbonyl (C=O) groups excluding carboxylic acids is 1. The summed E-state index contributed by atoms with van der Waals surface area (Å²) in [6, 6.07) is 10.0. The molecule has 0 saturated carbocycles. The molecule has 0 aliphatic rings. The van der Waals surface area contributed by atoms with Crippen LogP contribution in [0.5, 0.6) is 0 Å². The highest BCUT2D eigenvalue weighted by Gasteiger charge is 2.08. The fraction of sp³-hybridized carbons (Fsp3) is 0.0714. The third-order valence-corrected chi connectivity index (χ3v) is 3.10. The van der Waals surface area contributed by atoms with E-state index in [0.29, 0.717) is 27.0 Å². The number of nitrogens with two attached hydrogens (primary N) is 1. The summed E-state index contributed by atoms with van der Waals surface area (Å²) in [5.74, 6) is -0.285. The minimum Gasteiger partial charge on any atom is -0.398 e. The lowest BCUT2D eigenvalue weighted by Gasteiger charge is -2.08. The van der Waals surface area contributed by atoms with Crippen molar-refractivity contribution in [2.24, 2.45) is 0 Å². The molecule has 0 heterocycles. The topological polar surface area (TPSA) is 55.1 Å². The Labute approximate surface area is 121 Å². The van der Waals surface area contributed by atoms with Gasteiger partial charge in [0.15, 0.2) is 0 Å². The molecule has 0 spiro atoms. The van der Waals surface area contributed by atoms with Gasteiger partial charge in [-0.2, -0.15) is 0 Å². The zero-order chi connectivity index (χ0) is 14.0. The number of anilines is 2. The molecule has 0 radical (unpaired) electrons. The molecule has 1 amide bonds. The maximum Gasteiger partial charge on any atom is 0.255 e. The zero-order valence-electron chi connectivity index (χ0n) is 10.2. The van der Waals surface area contributed by atoms with Gasteiger partial charge in [-0.25, -0.2) is 0 Å². The van der Waals surface area contributed by atoms with E-state index in [2.05, 4.69) is 5.32 Å². The van der Waals surface area contributed by atoms with Crippen LogP contribution < -0.4 is 11.1 Å². The normalized spacial score (nSPS) is 10.3. The van der Waals surface area contributed by atoms with Crippen molar-refractivity contribution in [3.05, 3.63) is 57.6 Å². The highest BCUT2D eigenvalue weighted by molar-refractivity contribution is 6.35. The zero-order valence-corrected chi connectivity index (χ0v) is 11.7. The molecule has 3 nitrogen and oxygen atoms in total. The molecule has 0 atom stereocenters. The molecule has 0 unspecified atom stereocenters. The number of hydrogen-bond acceptors (Lipinski definition) is 2. The Kier molecular flexibility index (Phi) is 3.98. The lowest BCUT2D eigenvalue weighted by atomic mass is 10.1. The van der Waals surface area contributed by atoms with E-state index in [0.717, 1.165) is 5.56 Å². The van der Waals surface area contributed by atoms with E-state index in [-0.39, 0.29) is 5.91 Å². The molecule has 5 heteroatoms. The van der Waals surface area contributed by atoms with Gasteiger partial charge in [0.2, 0.25) is 0 Å². The molecular weight excluding hydrogens is 283 g/mol. The minimum atomic E-state index is -0.285. The minimum absolute atomic E-state index is 0.285. The maximum atomic E-state index is 12.0. The molecule has 2 aromatic rings. The van der Waals surface area contributed by atoms with Crippen LogP contribution in [0.3, 0.4) is 0 Å². The van der Waals surface area contributed by atoms with Crippen molar-refractivity contribution in [3.8, 4) is 0 Å². The van der Waals surface area contributed by atoms with Crippen LogP contribution in [0.15, 0.2) is 36.4 Å². The highest BCUT2D eigenvalue weighted by Crippen LogP contribution is 2.21. The largest absolute Gasteiger partial charge is 0.398 e. The van der Waals surface area contributed by atoms with E-state index in [9.17, 15) is 4.79 Å². The first-order valence-corrected chi connectivity index (χ1v) is 6.35. The van der Waals surface area contributed by atoms with E-state index in [1.165, 1.54) is 0 Å². The predicted octanol–water partition coefficient (Wildman–Crippen LogP) is 4.14. The van der Waals surface area contributed by atoms with Crippen LogP contribution in [0.4, 0.5) is 11.4 Å². The molecule has 2 rings (SSSR count). The monoisotopic (exact) mass is 294 g/mol. The SMILES string of the molecule is Cc1ccc(NC(=O)c2cc(Cl)cc(Cl)c2)cc1N. The second-order valence-corrected chi connectivity index (χ2v) is 5.06. The van der Waals surface area contributed by atoms with E-state index in [1.807, 2.05) is 13.0 Å². The number of halogens is 2. The number of carbonyl (C=O) groups is 1. The number of nitrogens with one attached hydrogen (secondary N) is 1. The Balaban J connectivity index is 2.22. The summed E-state index contributed by atoms with van der Waals surface area (Å²) in [6.07, 6.45) is 0. The number of amides is 1. The van der Waals surface area contributed by atoms with Gasteiger partial charge in [0.1, 0.15) is 0 Å². The first kappa shape index (κ1) is 13.7. The fourth-order valence-corrected chi connectivity index (χ4v) is 2.13. The van der Waals surface area contributed by atoms with Crippen LogP contribution >= 0.6 is 23.2 Å². The van der Waals surface area contributed by atoms with Gasteiger partial charge < -0.3 is 11.1 Å². The first-order valence-electron chi connectivity index (χ1n) is 5.59. The van der Waals surface area contributed by atoms with Crippen molar-refractivity contribution in [1.29, 1.82) is 0 Å². The summed E-state index contributed by atoms with van der Waals surface area (Å²) in [5.41, 5.74) is 8.41. The highest BCUT2D eigenvalue weighted by atomic mass is 35.5. The maximum absolute atomic E-state index is 12.0. The van der Waals surface area contributed by atoms with Gasteiger partial charge in [-0.3, -0.25) is 4.79 Å². The summed E-state index contributed by atoms with van der Waals surface area (Å²) < 4.78 is 0. The van der Waals surface area contributed by atoms with Crippen LogP contribution in [0.1, 0.15) is 15.9 Å². The summed E-state index contributed by atoms with van der Waals surface area (Å²) in [7, 11) is 0. The van der Waals surface area contributed by atoms with E-state index < -0.39 is 0 Å². The van der Waals surface area contributed by atoms with Gasteiger partial charge >= 0.3 is 0 Å². The van der Waals surface area contributed by atoms with Gasteiger partial charge in [-0.1, -0.05) is 29.3 Å². The van der Waals surface area contributed by atoms with Gasteiger partial charge in [0.05, 0.1) is 0 Å². The van der Waals surface area contributed by atoms with E-state index >= 15 is 0 Å². The molecule has 0 aliphatic carbocycles. The van der Waals surface area contributed by atoms with Crippen molar-refractivity contribution in [1.82, 2.24) is 0 Å². The van der Waals surface area contributed by atoms with Gasteiger partial charge in [0.25, 0.3) is 5.91 Å². The summed E-state index contributed by atoms with van der Waals surface area (Å²) >= 11 is 11.7. The average molecular weight is 295 g/mol. The summed E-state index contributed by atoms with van der Waals surface area (Å²) in [4.78, 5) is 12.0. The van der Waals surface area contributed by atoms with Crippen molar-refractivity contribution < 1.29 is 4.79 Å². The van der Waals surface area contributed by atoms with Gasteiger partial charge in [-0.15, -0.1) is 0 Å². The van der Waals surface area contributed by atoms with E-state index in [1.54, 1.807) is 30.3 Å². The van der Waals surface area contributed by atoms with E-state index in [4.69, 9.17) is 28.9 Å². The molecule has 0 bridgehead atoms. The first-order chi connectivity index (χ1) is 8.95. The molecule has 98 valence electrons. The smallest absolute Gasteiger partial charge is 0.255 e. The average Bonchev–Trinajstić information content (AvgIpc) is 2.32. The van der Waals surface area contributed by atoms with Crippen LogP contribution in [-0.4, -0.2) is 5.91 Å². The van der Waals surface area contributed by atoms with Crippen molar-refractivity contribution in [2.75, 3.05) is 11.1 Å². The van der Waals surface area contributed by atoms with Crippen molar-refractivity contribution in [2.45, 2.75) is 6.92 Å². The Morgan fingerprint density at radius 1 is 1.11 bits per heavy atom. The van der Waals surface area contributed by atoms with Crippen molar-refractivity contribution >= 4 is 40.5 Å². The Hall–Kier alpha value is -1.71. The fourth-order valence-electron chi connectivity index (χ4n) is 1.61. The van der Waals surface area contributed by atoms with Crippen LogP contribution in [0, 0.1) is 6.92 Å². The van der Waals surface area contributed by atoms with Crippen molar-refractivity contribution in [3.63, 3.8) is 0 Å². The second-order valence-electron chi connectivity index (χ2n) is 4.18. The Bertz CT molecular complexity index is 621. The van der Waals surface area contributed by atoms with Crippen LogP contribution in [0.25, 0.3) is 0 Å². The number of aryl methyl sites for hydroxylation is 1. The number of benzene rings is 2. The number of hydrogen-bond donors (Lipinski definition) is 2. The summed E-state index contributed by atoms with van der Waals surface area (Å²) in [5, 5.41) is 3.58. The number of rotatable bonds is 2. The lowest BCUT2D eigenvalue weighted by molar-refractivity contribution is 0.102. The molecule has 19 heavy (non-hydrogen) atoms. The molecule has 3 N–H and O–H groups in total. The van der Waals surface area contributed by atoms with Gasteiger partial charge in [0, 0.05) is 27.0 Å². The van der Waals surface area contributed by atoms with Crippen LogP contribution in [0.2, 0.25) is 10.0 Å². The standard InChI is InChI=1S/C14H12Cl2N2O/c1-8-2-3-12(7-13(8)17)18-14(19)9-4-10(15)6-11(16)5-9/h2-7H,17H2,1H3,(H,18,19). The summed E-state index contributed by atoms with van der Waals surface area (Å²) in [6.45, 7) is 1.90. The quantitative estimate of drug-likeness (QED) is 0.818. The van der Waals surface area contributed by atoms with Crippen LogP contribution in [-0.2, 0) is 0 Å². The molecule has 0 aromatic heterocycles. The Morgan fingerprint density at radius 2 is 1.74 bits per heavy atom. The molecule has 2 aromatic carbocycles. The molecule has 0 saturated heterocycles. The number of nitrogen functional groups attached to an aromatic ring is 1. The molecule has 0 aliphatic heterocycles. The lowest BCUT2D eigenvalue weighted by Crippen LogP contribution is -2.12.